The molecule has 250 valence electrons. The molecule has 0 saturated heterocycles. The number of carbonyl (C=O) groups is 2. The average molecular weight is 657 g/mol. The third kappa shape index (κ3) is 5.29. The summed E-state index contributed by atoms with van der Waals surface area (Å²) in [7, 11) is 10.4. The minimum Gasteiger partial charge on any atom is -0.497 e. The van der Waals surface area contributed by atoms with Gasteiger partial charge in [0.2, 0.25) is 5.78 Å². The van der Waals surface area contributed by atoms with E-state index in [1.807, 2.05) is 24.3 Å². The Morgan fingerprint density at radius 3 is 1.83 bits per heavy atom. The van der Waals surface area contributed by atoms with Gasteiger partial charge in [0.05, 0.1) is 54.1 Å². The first kappa shape index (κ1) is 32.5. The Morgan fingerprint density at radius 1 is 0.646 bits per heavy atom. The number of ether oxygens (including phenoxy) is 9. The summed E-state index contributed by atoms with van der Waals surface area (Å²) in [5, 5.41) is 0. The monoisotopic (exact) mass is 656 g/mol. The smallest absolute Gasteiger partial charge is 0.279 e. The summed E-state index contributed by atoms with van der Waals surface area (Å²) >= 11 is 0. The summed E-state index contributed by atoms with van der Waals surface area (Å²) in [5.74, 6) is -0.707. The van der Waals surface area contributed by atoms with Crippen LogP contribution in [0, 0.1) is 0 Å². The maximum Gasteiger partial charge on any atom is 0.279 e. The molecular formula is C37H36O11. The number of Topliss-reactive ketones (excluding diaryl/α,β-unsaturated/α-hetero) is 2. The standard InChI is InChI=1S/C37H36O11/c1-40-22-12-8-20(9-13-22)19-37(46-7)36(39)31-28(48-37)18-26(44-5)30(35(31)45-6)32-33(38)29-25(43-4)16-24(42-3)17-27(29)47-34(32)21-10-14-23(41-2)15-11-21/h8-18,32,34H,19H2,1-7H3/t32-,34+,37-/m1/s1. The van der Waals surface area contributed by atoms with Crippen LogP contribution in [0.15, 0.2) is 66.7 Å². The van der Waals surface area contributed by atoms with Crippen LogP contribution in [0.3, 0.4) is 0 Å². The van der Waals surface area contributed by atoms with Crippen molar-refractivity contribution < 1.29 is 52.2 Å². The first-order valence-electron chi connectivity index (χ1n) is 15.1. The number of benzene rings is 4. The van der Waals surface area contributed by atoms with Crippen LogP contribution in [0.1, 0.15) is 49.4 Å². The third-order valence-corrected chi connectivity index (χ3v) is 8.78. The molecule has 0 fully saturated rings. The van der Waals surface area contributed by atoms with E-state index in [2.05, 4.69) is 0 Å². The molecular weight excluding hydrogens is 620 g/mol. The lowest BCUT2D eigenvalue weighted by molar-refractivity contribution is -0.117. The molecule has 0 radical (unpaired) electrons. The van der Waals surface area contributed by atoms with Crippen molar-refractivity contribution in [3.63, 3.8) is 0 Å². The maximum atomic E-state index is 14.8. The summed E-state index contributed by atoms with van der Waals surface area (Å²) in [6, 6.07) is 19.3. The zero-order chi connectivity index (χ0) is 34.2. The van der Waals surface area contributed by atoms with Crippen LogP contribution in [-0.2, 0) is 11.2 Å². The molecule has 11 nitrogen and oxygen atoms in total. The van der Waals surface area contributed by atoms with E-state index in [0.717, 1.165) is 5.56 Å². The van der Waals surface area contributed by atoms with Gasteiger partial charge in [-0.05, 0) is 35.4 Å². The van der Waals surface area contributed by atoms with Gasteiger partial charge in [0.15, 0.2) is 5.78 Å². The van der Waals surface area contributed by atoms with Crippen LogP contribution in [-0.4, -0.2) is 67.1 Å². The van der Waals surface area contributed by atoms with Gasteiger partial charge in [-0.25, -0.2) is 0 Å². The highest BCUT2D eigenvalue weighted by atomic mass is 16.7. The maximum absolute atomic E-state index is 14.8. The number of hydrogen-bond acceptors (Lipinski definition) is 11. The molecule has 4 aromatic carbocycles. The van der Waals surface area contributed by atoms with Gasteiger partial charge in [-0.3, -0.25) is 9.59 Å². The quantitative estimate of drug-likeness (QED) is 0.189. The molecule has 11 heteroatoms. The molecule has 0 N–H and O–H groups in total. The van der Waals surface area contributed by atoms with Crippen molar-refractivity contribution in [2.24, 2.45) is 0 Å². The molecule has 48 heavy (non-hydrogen) atoms. The average Bonchev–Trinajstić information content (AvgIpc) is 3.40. The van der Waals surface area contributed by atoms with E-state index in [1.165, 1.54) is 35.5 Å². The molecule has 2 aliphatic heterocycles. The van der Waals surface area contributed by atoms with Gasteiger partial charge in [-0.1, -0.05) is 24.3 Å². The van der Waals surface area contributed by atoms with Crippen LogP contribution >= 0.6 is 0 Å². The summed E-state index contributed by atoms with van der Waals surface area (Å²) < 4.78 is 52.4. The fourth-order valence-electron chi connectivity index (χ4n) is 6.36. The summed E-state index contributed by atoms with van der Waals surface area (Å²) in [4.78, 5) is 29.2. The predicted octanol–water partition coefficient (Wildman–Crippen LogP) is 6.00. The molecule has 2 aliphatic rings. The fourth-order valence-corrected chi connectivity index (χ4v) is 6.36. The van der Waals surface area contributed by atoms with Crippen molar-refractivity contribution in [1.82, 2.24) is 0 Å². The zero-order valence-corrected chi connectivity index (χ0v) is 27.7. The van der Waals surface area contributed by atoms with Crippen LogP contribution in [0.2, 0.25) is 0 Å². The molecule has 0 aliphatic carbocycles. The number of hydrogen-bond donors (Lipinski definition) is 0. The summed E-state index contributed by atoms with van der Waals surface area (Å²) in [6.45, 7) is 0. The minimum atomic E-state index is -1.71. The van der Waals surface area contributed by atoms with Crippen molar-refractivity contribution >= 4 is 11.6 Å². The van der Waals surface area contributed by atoms with Crippen LogP contribution in [0.5, 0.6) is 46.0 Å². The molecule has 2 heterocycles. The second-order valence-corrected chi connectivity index (χ2v) is 11.2. The van der Waals surface area contributed by atoms with Crippen molar-refractivity contribution in [3.8, 4) is 46.0 Å². The Bertz CT molecular complexity index is 1850. The van der Waals surface area contributed by atoms with E-state index >= 15 is 0 Å². The van der Waals surface area contributed by atoms with Gasteiger partial charge >= 0.3 is 0 Å². The second-order valence-electron chi connectivity index (χ2n) is 11.2. The predicted molar refractivity (Wildman–Crippen MR) is 174 cm³/mol. The number of methoxy groups -OCH3 is 7. The largest absolute Gasteiger partial charge is 0.497 e. The number of rotatable bonds is 11. The lowest BCUT2D eigenvalue weighted by atomic mass is 9.78. The lowest BCUT2D eigenvalue weighted by Crippen LogP contribution is -2.44. The highest BCUT2D eigenvalue weighted by Crippen LogP contribution is 2.56. The Balaban J connectivity index is 1.54. The van der Waals surface area contributed by atoms with Gasteiger partial charge < -0.3 is 42.6 Å². The van der Waals surface area contributed by atoms with Crippen LogP contribution in [0.25, 0.3) is 0 Å². The molecule has 0 saturated carbocycles. The highest BCUT2D eigenvalue weighted by molar-refractivity contribution is 6.12. The minimum absolute atomic E-state index is 0.0914. The van der Waals surface area contributed by atoms with Crippen LogP contribution in [0.4, 0.5) is 0 Å². The van der Waals surface area contributed by atoms with Gasteiger partial charge in [-0.2, -0.15) is 0 Å². The SMILES string of the molecule is COc1ccc(C[C@@]2(OC)Oc3cc(OC)c([C@@H]4C(=O)c5c(OC)cc(OC)cc5O[C@H]4c4ccc(OC)cc4)c(OC)c3C2=O)cc1. The zero-order valence-electron chi connectivity index (χ0n) is 27.7. The lowest BCUT2D eigenvalue weighted by Gasteiger charge is -2.35. The Morgan fingerprint density at radius 2 is 1.27 bits per heavy atom. The second kappa shape index (κ2) is 13.0. The number of ketones is 2. The Hall–Kier alpha value is -5.42. The normalized spacial score (nSPS) is 19.4. The number of carbonyl (C=O) groups excluding carboxylic acids is 2. The van der Waals surface area contributed by atoms with Gasteiger partial charge in [0.1, 0.15) is 63.2 Å². The van der Waals surface area contributed by atoms with Crippen molar-refractivity contribution in [1.29, 1.82) is 0 Å². The van der Waals surface area contributed by atoms with E-state index in [0.29, 0.717) is 28.4 Å². The first-order chi connectivity index (χ1) is 23.3. The van der Waals surface area contributed by atoms with E-state index in [-0.39, 0.29) is 52.1 Å². The topological polar surface area (TPSA) is 117 Å². The van der Waals surface area contributed by atoms with E-state index in [1.54, 1.807) is 56.7 Å². The summed E-state index contributed by atoms with van der Waals surface area (Å²) in [6.07, 6.45) is -0.800. The van der Waals surface area contributed by atoms with Crippen molar-refractivity contribution in [2.75, 3.05) is 49.8 Å². The molecule has 0 bridgehead atoms. The van der Waals surface area contributed by atoms with Crippen molar-refractivity contribution in [3.05, 3.63) is 94.5 Å². The van der Waals surface area contributed by atoms with E-state index in [4.69, 9.17) is 42.6 Å². The molecule has 6 rings (SSSR count). The summed E-state index contributed by atoms with van der Waals surface area (Å²) in [5.41, 5.74) is 2.09. The Kier molecular flexibility index (Phi) is 8.81. The van der Waals surface area contributed by atoms with Gasteiger partial charge in [0, 0.05) is 31.7 Å². The molecule has 3 atom stereocenters. The van der Waals surface area contributed by atoms with E-state index < -0.39 is 23.6 Å². The number of fused-ring (bicyclic) bond motifs is 2. The molecule has 0 spiro atoms. The highest BCUT2D eigenvalue weighted by Gasteiger charge is 2.53. The third-order valence-electron chi connectivity index (χ3n) is 8.78. The molecule has 0 amide bonds. The Labute approximate surface area is 278 Å². The molecule has 4 aromatic rings. The van der Waals surface area contributed by atoms with Gasteiger partial charge in [0.25, 0.3) is 5.79 Å². The van der Waals surface area contributed by atoms with E-state index in [9.17, 15) is 9.59 Å². The van der Waals surface area contributed by atoms with Crippen molar-refractivity contribution in [2.45, 2.75) is 24.2 Å². The first-order valence-corrected chi connectivity index (χ1v) is 15.1. The fraction of sp³-hybridized carbons (Fsp3) is 0.297. The molecule has 0 aromatic heterocycles. The van der Waals surface area contributed by atoms with Crippen LogP contribution < -0.4 is 37.9 Å². The van der Waals surface area contributed by atoms with Gasteiger partial charge in [-0.15, -0.1) is 0 Å². The molecule has 0 unspecified atom stereocenters.